The second-order valence-corrected chi connectivity index (χ2v) is 5.02. The quantitative estimate of drug-likeness (QED) is 0.901. The van der Waals surface area contributed by atoms with Gasteiger partial charge in [-0.15, -0.1) is 0 Å². The van der Waals surface area contributed by atoms with E-state index in [1.54, 1.807) is 18.9 Å². The van der Waals surface area contributed by atoms with E-state index >= 15 is 0 Å². The molecule has 0 saturated heterocycles. The highest BCUT2D eigenvalue weighted by atomic mass is 16.2. The number of imidazole rings is 1. The molecule has 2 N–H and O–H groups in total. The van der Waals surface area contributed by atoms with Crippen molar-refractivity contribution in [2.75, 3.05) is 7.05 Å². The lowest BCUT2D eigenvalue weighted by Gasteiger charge is -2.19. The number of carbonyl (C=O) groups is 1. The van der Waals surface area contributed by atoms with Crippen LogP contribution >= 0.6 is 0 Å². The van der Waals surface area contributed by atoms with Crippen LogP contribution in [0.25, 0.3) is 11.0 Å². The molecule has 1 aromatic heterocycles. The fourth-order valence-electron chi connectivity index (χ4n) is 2.16. The van der Waals surface area contributed by atoms with Crippen molar-refractivity contribution in [2.45, 2.75) is 26.4 Å². The SMILES string of the molecule is Cc1nc2cc(CN(C)C(=O)C(C)N)ccc2n1C. The van der Waals surface area contributed by atoms with Crippen LogP contribution < -0.4 is 5.73 Å². The Morgan fingerprint density at radius 3 is 2.84 bits per heavy atom. The molecule has 0 spiro atoms. The van der Waals surface area contributed by atoms with E-state index in [0.29, 0.717) is 6.54 Å². The molecule has 5 heteroatoms. The van der Waals surface area contributed by atoms with Gasteiger partial charge in [0, 0.05) is 20.6 Å². The van der Waals surface area contributed by atoms with Gasteiger partial charge in [-0.3, -0.25) is 4.79 Å². The predicted molar refractivity (Wildman–Crippen MR) is 75.6 cm³/mol. The summed E-state index contributed by atoms with van der Waals surface area (Å²) in [5, 5.41) is 0. The highest BCUT2D eigenvalue weighted by molar-refractivity contribution is 5.81. The molecule has 0 bridgehead atoms. The summed E-state index contributed by atoms with van der Waals surface area (Å²) >= 11 is 0. The number of rotatable bonds is 3. The molecular weight excluding hydrogens is 240 g/mol. The van der Waals surface area contributed by atoms with E-state index in [4.69, 9.17) is 5.73 Å². The average molecular weight is 260 g/mol. The number of hydrogen-bond donors (Lipinski definition) is 1. The Morgan fingerprint density at radius 2 is 2.21 bits per heavy atom. The number of amides is 1. The molecule has 0 saturated carbocycles. The third kappa shape index (κ3) is 2.61. The summed E-state index contributed by atoms with van der Waals surface area (Å²) in [6.07, 6.45) is 0. The van der Waals surface area contributed by atoms with Gasteiger partial charge in [0.2, 0.25) is 5.91 Å². The summed E-state index contributed by atoms with van der Waals surface area (Å²) in [4.78, 5) is 17.9. The Labute approximate surface area is 113 Å². The number of nitrogens with two attached hydrogens (primary N) is 1. The Kier molecular flexibility index (Phi) is 3.57. The summed E-state index contributed by atoms with van der Waals surface area (Å²) in [5.74, 6) is 0.921. The number of nitrogens with zero attached hydrogens (tertiary/aromatic N) is 3. The normalized spacial score (nSPS) is 12.7. The molecular formula is C14H20N4O. The lowest BCUT2D eigenvalue weighted by atomic mass is 10.2. The van der Waals surface area contributed by atoms with Gasteiger partial charge in [-0.1, -0.05) is 6.07 Å². The van der Waals surface area contributed by atoms with Gasteiger partial charge in [0.1, 0.15) is 5.82 Å². The molecule has 1 heterocycles. The third-order valence-corrected chi connectivity index (χ3v) is 3.35. The number of carbonyl (C=O) groups excluding carboxylic acids is 1. The van der Waals surface area contributed by atoms with Gasteiger partial charge in [-0.25, -0.2) is 4.98 Å². The Balaban J connectivity index is 2.25. The van der Waals surface area contributed by atoms with Crippen molar-refractivity contribution in [2.24, 2.45) is 12.8 Å². The first-order valence-corrected chi connectivity index (χ1v) is 6.32. The number of aryl methyl sites for hydroxylation is 2. The van der Waals surface area contributed by atoms with Crippen molar-refractivity contribution in [1.29, 1.82) is 0 Å². The third-order valence-electron chi connectivity index (χ3n) is 3.35. The highest BCUT2D eigenvalue weighted by Gasteiger charge is 2.14. The van der Waals surface area contributed by atoms with Gasteiger partial charge in [0.05, 0.1) is 17.1 Å². The smallest absolute Gasteiger partial charge is 0.239 e. The zero-order chi connectivity index (χ0) is 14.2. The second kappa shape index (κ2) is 5.01. The van der Waals surface area contributed by atoms with Gasteiger partial charge >= 0.3 is 0 Å². The van der Waals surface area contributed by atoms with E-state index in [9.17, 15) is 4.79 Å². The summed E-state index contributed by atoms with van der Waals surface area (Å²) in [6.45, 7) is 4.22. The largest absolute Gasteiger partial charge is 0.340 e. The van der Waals surface area contributed by atoms with E-state index in [-0.39, 0.29) is 5.91 Å². The highest BCUT2D eigenvalue weighted by Crippen LogP contribution is 2.17. The van der Waals surface area contributed by atoms with E-state index in [1.165, 1.54) is 0 Å². The molecule has 0 aliphatic rings. The van der Waals surface area contributed by atoms with Crippen LogP contribution in [0.5, 0.6) is 0 Å². The maximum Gasteiger partial charge on any atom is 0.239 e. The molecule has 0 aliphatic carbocycles. The van der Waals surface area contributed by atoms with Crippen LogP contribution in [-0.2, 0) is 18.4 Å². The van der Waals surface area contributed by atoms with Crippen LogP contribution in [0.4, 0.5) is 0 Å². The molecule has 2 rings (SSSR count). The molecule has 0 fully saturated rings. The van der Waals surface area contributed by atoms with E-state index in [0.717, 1.165) is 22.4 Å². The zero-order valence-electron chi connectivity index (χ0n) is 11.8. The zero-order valence-corrected chi connectivity index (χ0v) is 11.8. The molecule has 0 aliphatic heterocycles. The molecule has 1 unspecified atom stereocenters. The minimum Gasteiger partial charge on any atom is -0.340 e. The predicted octanol–water partition coefficient (Wildman–Crippen LogP) is 1.19. The van der Waals surface area contributed by atoms with E-state index in [2.05, 4.69) is 9.55 Å². The lowest BCUT2D eigenvalue weighted by Crippen LogP contribution is -2.39. The minimum atomic E-state index is -0.467. The lowest BCUT2D eigenvalue weighted by molar-refractivity contribution is -0.131. The Morgan fingerprint density at radius 1 is 1.53 bits per heavy atom. The molecule has 0 radical (unpaired) electrons. The monoisotopic (exact) mass is 260 g/mol. The molecule has 1 atom stereocenters. The number of likely N-dealkylation sites (N-methyl/N-ethyl adjacent to an activating group) is 1. The first kappa shape index (κ1) is 13.5. The standard InChI is InChI=1S/C14H20N4O/c1-9(15)14(19)17(3)8-11-5-6-13-12(7-11)16-10(2)18(13)4/h5-7,9H,8,15H2,1-4H3. The number of aromatic nitrogens is 2. The maximum atomic E-state index is 11.8. The first-order valence-electron chi connectivity index (χ1n) is 6.32. The van der Waals surface area contributed by atoms with E-state index in [1.807, 2.05) is 32.2 Å². The fraction of sp³-hybridized carbons (Fsp3) is 0.429. The van der Waals surface area contributed by atoms with Crippen molar-refractivity contribution in [1.82, 2.24) is 14.5 Å². The summed E-state index contributed by atoms with van der Waals surface area (Å²) in [5.41, 5.74) is 8.71. The fourth-order valence-corrected chi connectivity index (χ4v) is 2.16. The van der Waals surface area contributed by atoms with Gasteiger partial charge in [0.25, 0.3) is 0 Å². The maximum absolute atomic E-state index is 11.8. The van der Waals surface area contributed by atoms with Crippen LogP contribution in [0.15, 0.2) is 18.2 Å². The minimum absolute atomic E-state index is 0.0581. The second-order valence-electron chi connectivity index (χ2n) is 5.02. The van der Waals surface area contributed by atoms with Crippen LogP contribution in [0, 0.1) is 6.92 Å². The van der Waals surface area contributed by atoms with Crippen molar-refractivity contribution >= 4 is 16.9 Å². The number of hydrogen-bond acceptors (Lipinski definition) is 3. The molecule has 1 amide bonds. The molecule has 1 aromatic carbocycles. The number of fused-ring (bicyclic) bond motifs is 1. The summed E-state index contributed by atoms with van der Waals surface area (Å²) in [7, 11) is 3.76. The van der Waals surface area contributed by atoms with Crippen LogP contribution in [0.2, 0.25) is 0 Å². The Hall–Kier alpha value is -1.88. The molecule has 102 valence electrons. The molecule has 2 aromatic rings. The van der Waals surface area contributed by atoms with Crippen molar-refractivity contribution < 1.29 is 4.79 Å². The van der Waals surface area contributed by atoms with Crippen LogP contribution in [0.1, 0.15) is 18.3 Å². The Bertz CT molecular complexity index is 615. The van der Waals surface area contributed by atoms with Crippen molar-refractivity contribution in [3.8, 4) is 0 Å². The first-order chi connectivity index (χ1) is 8.90. The summed E-state index contributed by atoms with van der Waals surface area (Å²) < 4.78 is 2.05. The van der Waals surface area contributed by atoms with Gasteiger partial charge in [0.15, 0.2) is 0 Å². The topological polar surface area (TPSA) is 64.2 Å². The van der Waals surface area contributed by atoms with Gasteiger partial charge < -0.3 is 15.2 Å². The molecule has 5 nitrogen and oxygen atoms in total. The molecule has 19 heavy (non-hydrogen) atoms. The van der Waals surface area contributed by atoms with Crippen molar-refractivity contribution in [3.63, 3.8) is 0 Å². The number of benzene rings is 1. The van der Waals surface area contributed by atoms with Crippen molar-refractivity contribution in [3.05, 3.63) is 29.6 Å². The van der Waals surface area contributed by atoms with Gasteiger partial charge in [-0.05, 0) is 31.5 Å². The van der Waals surface area contributed by atoms with Crippen LogP contribution in [-0.4, -0.2) is 33.4 Å². The van der Waals surface area contributed by atoms with Crippen LogP contribution in [0.3, 0.4) is 0 Å². The average Bonchev–Trinajstić information content (AvgIpc) is 2.63. The van der Waals surface area contributed by atoms with E-state index < -0.39 is 6.04 Å². The van der Waals surface area contributed by atoms with Gasteiger partial charge in [-0.2, -0.15) is 0 Å². The summed E-state index contributed by atoms with van der Waals surface area (Å²) in [6, 6.07) is 5.61.